The molecule has 0 bridgehead atoms. The molecule has 1 fully saturated rings. The number of hydroxylamine groups is 1. The standard InChI is InChI=1S/C28H33N3O4S/c1-34-22-8-10-26-25(18-22)24(11-13-29-26)27(30-35-2)9-7-20-12-15-31(19-21(20)17-28(32)33)14-3-5-23-6-4-16-36-23/h4,6,8,10-11,13,16,18,20-21,27,30H,7,9,12,14-15,17,19H2,1-2H3,(H,32,33)/t20-,21+,27+/m1/s1. The van der Waals surface area contributed by atoms with E-state index in [1.54, 1.807) is 25.6 Å². The normalized spacial score (nSPS) is 18.9. The summed E-state index contributed by atoms with van der Waals surface area (Å²) in [7, 11) is 3.28. The summed E-state index contributed by atoms with van der Waals surface area (Å²) in [6, 6.07) is 11.9. The third-order valence-corrected chi connectivity index (χ3v) is 7.68. The zero-order chi connectivity index (χ0) is 25.3. The quantitative estimate of drug-likeness (QED) is 0.303. The molecule has 3 atom stereocenters. The molecule has 0 saturated carbocycles. The minimum Gasteiger partial charge on any atom is -0.497 e. The van der Waals surface area contributed by atoms with Gasteiger partial charge in [0.05, 0.1) is 37.2 Å². The Labute approximate surface area is 216 Å². The van der Waals surface area contributed by atoms with Crippen LogP contribution in [-0.4, -0.2) is 54.8 Å². The van der Waals surface area contributed by atoms with Crippen molar-refractivity contribution in [3.05, 3.63) is 58.4 Å². The average molecular weight is 508 g/mol. The topological polar surface area (TPSA) is 83.9 Å². The predicted molar refractivity (Wildman–Crippen MR) is 142 cm³/mol. The smallest absolute Gasteiger partial charge is 0.303 e. The van der Waals surface area contributed by atoms with E-state index in [2.05, 4.69) is 27.2 Å². The number of hydrogen-bond donors (Lipinski definition) is 2. The van der Waals surface area contributed by atoms with E-state index >= 15 is 0 Å². The van der Waals surface area contributed by atoms with E-state index < -0.39 is 5.97 Å². The Morgan fingerprint density at radius 1 is 1.31 bits per heavy atom. The summed E-state index contributed by atoms with van der Waals surface area (Å²) < 4.78 is 5.43. The first-order chi connectivity index (χ1) is 17.6. The van der Waals surface area contributed by atoms with Crippen molar-refractivity contribution in [2.75, 3.05) is 33.9 Å². The number of carboxylic acid groups (broad SMARTS) is 1. The van der Waals surface area contributed by atoms with Gasteiger partial charge in [0.25, 0.3) is 0 Å². The van der Waals surface area contributed by atoms with Crippen LogP contribution in [0.2, 0.25) is 0 Å². The third kappa shape index (κ3) is 6.83. The summed E-state index contributed by atoms with van der Waals surface area (Å²) in [5.74, 6) is 6.93. The Hall–Kier alpha value is -2.96. The zero-order valence-electron chi connectivity index (χ0n) is 20.8. The number of nitrogens with one attached hydrogen (secondary N) is 1. The maximum Gasteiger partial charge on any atom is 0.303 e. The number of methoxy groups -OCH3 is 1. The molecule has 3 heterocycles. The van der Waals surface area contributed by atoms with Crippen LogP contribution in [0.3, 0.4) is 0 Å². The Morgan fingerprint density at radius 2 is 2.19 bits per heavy atom. The predicted octanol–water partition coefficient (Wildman–Crippen LogP) is 4.74. The number of carboxylic acids is 1. The first-order valence-electron chi connectivity index (χ1n) is 12.2. The van der Waals surface area contributed by atoms with E-state index in [0.29, 0.717) is 12.5 Å². The van der Waals surface area contributed by atoms with Gasteiger partial charge in [-0.1, -0.05) is 17.9 Å². The molecule has 3 aromatic rings. The molecule has 7 nitrogen and oxygen atoms in total. The number of nitrogens with zero attached hydrogens (tertiary/aromatic N) is 2. The van der Waals surface area contributed by atoms with Crippen molar-refractivity contribution < 1.29 is 19.5 Å². The van der Waals surface area contributed by atoms with E-state index in [-0.39, 0.29) is 18.4 Å². The monoisotopic (exact) mass is 507 g/mol. The SMILES string of the molecule is CON[C@@H](CC[C@@H]1CCN(CC#Cc2cccs2)C[C@@H]1CC(=O)O)c1ccnc2ccc(OC)cc12. The van der Waals surface area contributed by atoms with Gasteiger partial charge in [0.15, 0.2) is 0 Å². The molecule has 1 aliphatic heterocycles. The fourth-order valence-corrected chi connectivity index (χ4v) is 5.69. The number of ether oxygens (including phenoxy) is 1. The van der Waals surface area contributed by atoms with E-state index in [9.17, 15) is 9.90 Å². The number of benzene rings is 1. The maximum absolute atomic E-state index is 11.7. The molecule has 2 N–H and O–H groups in total. The number of pyridine rings is 1. The van der Waals surface area contributed by atoms with Crippen LogP contribution < -0.4 is 10.2 Å². The van der Waals surface area contributed by atoms with Gasteiger partial charge in [-0.3, -0.25) is 14.7 Å². The molecular formula is C28H33N3O4S. The minimum absolute atomic E-state index is 0.0484. The zero-order valence-corrected chi connectivity index (χ0v) is 21.6. The average Bonchev–Trinajstić information content (AvgIpc) is 3.40. The van der Waals surface area contributed by atoms with Gasteiger partial charge in [0, 0.05) is 24.5 Å². The second-order valence-electron chi connectivity index (χ2n) is 9.16. The first kappa shape index (κ1) is 26.1. The molecule has 0 unspecified atom stereocenters. The third-order valence-electron chi connectivity index (χ3n) is 6.89. The molecule has 190 valence electrons. The highest BCUT2D eigenvalue weighted by Crippen LogP contribution is 2.34. The van der Waals surface area contributed by atoms with Crippen LogP contribution in [-0.2, 0) is 9.63 Å². The molecule has 0 radical (unpaired) electrons. The summed E-state index contributed by atoms with van der Waals surface area (Å²) >= 11 is 1.64. The number of aliphatic carboxylic acids is 1. The maximum atomic E-state index is 11.7. The fraction of sp³-hybridized carbons (Fsp3) is 0.429. The summed E-state index contributed by atoms with van der Waals surface area (Å²) in [6.07, 6.45) is 4.68. The molecule has 36 heavy (non-hydrogen) atoms. The van der Waals surface area contributed by atoms with Crippen molar-refractivity contribution in [2.24, 2.45) is 11.8 Å². The van der Waals surface area contributed by atoms with Gasteiger partial charge in [-0.15, -0.1) is 11.3 Å². The van der Waals surface area contributed by atoms with Crippen molar-refractivity contribution in [1.82, 2.24) is 15.4 Å². The lowest BCUT2D eigenvalue weighted by Crippen LogP contribution is -2.41. The molecule has 1 aromatic carbocycles. The number of piperidine rings is 1. The number of carbonyl (C=O) groups is 1. The first-order valence-corrected chi connectivity index (χ1v) is 13.1. The van der Waals surface area contributed by atoms with Crippen LogP contribution in [0, 0.1) is 23.7 Å². The highest BCUT2D eigenvalue weighted by molar-refractivity contribution is 7.10. The van der Waals surface area contributed by atoms with Crippen LogP contribution in [0.5, 0.6) is 5.75 Å². The lowest BCUT2D eigenvalue weighted by molar-refractivity contribution is -0.139. The largest absolute Gasteiger partial charge is 0.497 e. The van der Waals surface area contributed by atoms with Gasteiger partial charge in [-0.25, -0.2) is 0 Å². The number of hydrogen-bond acceptors (Lipinski definition) is 7. The Morgan fingerprint density at radius 3 is 2.94 bits per heavy atom. The molecule has 0 aliphatic carbocycles. The van der Waals surface area contributed by atoms with Gasteiger partial charge in [0.1, 0.15) is 5.75 Å². The van der Waals surface area contributed by atoms with Crippen molar-refractivity contribution >= 4 is 28.2 Å². The van der Waals surface area contributed by atoms with Gasteiger partial charge in [-0.2, -0.15) is 5.48 Å². The van der Waals surface area contributed by atoms with Crippen molar-refractivity contribution in [2.45, 2.75) is 31.7 Å². The molecule has 4 rings (SSSR count). The Bertz CT molecular complexity index is 1200. The number of aromatic nitrogens is 1. The van der Waals surface area contributed by atoms with Gasteiger partial charge in [0.2, 0.25) is 0 Å². The van der Waals surface area contributed by atoms with Crippen LogP contribution in [0.25, 0.3) is 10.9 Å². The molecule has 1 saturated heterocycles. The second-order valence-corrected chi connectivity index (χ2v) is 10.1. The van der Waals surface area contributed by atoms with Crippen molar-refractivity contribution in [3.8, 4) is 17.6 Å². The summed E-state index contributed by atoms with van der Waals surface area (Å²) in [5.41, 5.74) is 5.16. The van der Waals surface area contributed by atoms with E-state index in [1.165, 1.54) is 0 Å². The van der Waals surface area contributed by atoms with Crippen LogP contribution in [0.4, 0.5) is 0 Å². The Balaban J connectivity index is 1.44. The fourth-order valence-electron chi connectivity index (χ4n) is 5.10. The van der Waals surface area contributed by atoms with E-state index in [4.69, 9.17) is 9.57 Å². The van der Waals surface area contributed by atoms with Crippen molar-refractivity contribution in [1.29, 1.82) is 0 Å². The molecule has 8 heteroatoms. The molecule has 2 aromatic heterocycles. The van der Waals surface area contributed by atoms with Crippen LogP contribution >= 0.6 is 11.3 Å². The molecular weight excluding hydrogens is 474 g/mol. The highest BCUT2D eigenvalue weighted by atomic mass is 32.1. The van der Waals surface area contributed by atoms with Gasteiger partial charge in [-0.05, 0) is 78.9 Å². The van der Waals surface area contributed by atoms with Gasteiger partial charge >= 0.3 is 5.97 Å². The molecule has 0 spiro atoms. The second kappa shape index (κ2) is 12.8. The number of thiophene rings is 1. The molecule has 0 amide bonds. The van der Waals surface area contributed by atoms with Crippen LogP contribution in [0.15, 0.2) is 48.0 Å². The summed E-state index contributed by atoms with van der Waals surface area (Å²) in [5, 5.41) is 12.6. The van der Waals surface area contributed by atoms with E-state index in [1.807, 2.05) is 48.0 Å². The molecule has 1 aliphatic rings. The van der Waals surface area contributed by atoms with Crippen LogP contribution in [0.1, 0.15) is 42.2 Å². The summed E-state index contributed by atoms with van der Waals surface area (Å²) in [4.78, 5) is 24.9. The number of rotatable bonds is 10. The van der Waals surface area contributed by atoms with Crippen molar-refractivity contribution in [3.63, 3.8) is 0 Å². The highest BCUT2D eigenvalue weighted by Gasteiger charge is 2.31. The lowest BCUT2D eigenvalue weighted by atomic mass is 9.79. The van der Waals surface area contributed by atoms with E-state index in [0.717, 1.165) is 59.4 Å². The summed E-state index contributed by atoms with van der Waals surface area (Å²) in [6.45, 7) is 2.35. The minimum atomic E-state index is -0.740. The number of likely N-dealkylation sites (tertiary alicyclic amines) is 1. The Kier molecular flexibility index (Phi) is 9.31. The number of fused-ring (bicyclic) bond motifs is 1. The van der Waals surface area contributed by atoms with Gasteiger partial charge < -0.3 is 14.7 Å². The lowest BCUT2D eigenvalue weighted by Gasteiger charge is -2.38.